The molecule has 0 N–H and O–H groups in total. The summed E-state index contributed by atoms with van der Waals surface area (Å²) in [5.74, 6) is 0. The first-order valence-corrected chi connectivity index (χ1v) is 6.42. The van der Waals surface area contributed by atoms with E-state index in [1.807, 2.05) is 54.6 Å². The smallest absolute Gasteiger partial charge is 0.0896 e. The minimum absolute atomic E-state index is 0.523. The SMILES string of the molecule is C=CCC(C#N)(Cc1ccccc1)c1ccccc1. The molecule has 1 nitrogen and oxygen atoms in total. The van der Waals surface area contributed by atoms with Crippen molar-refractivity contribution < 1.29 is 0 Å². The maximum absolute atomic E-state index is 9.72. The molecule has 0 fully saturated rings. The Labute approximate surface area is 114 Å². The van der Waals surface area contributed by atoms with Crippen LogP contribution < -0.4 is 0 Å². The van der Waals surface area contributed by atoms with E-state index in [-0.39, 0.29) is 0 Å². The molecule has 0 bridgehead atoms. The summed E-state index contributed by atoms with van der Waals surface area (Å²) in [6.45, 7) is 3.81. The highest BCUT2D eigenvalue weighted by Gasteiger charge is 2.31. The van der Waals surface area contributed by atoms with Crippen LogP contribution in [-0.2, 0) is 11.8 Å². The minimum Gasteiger partial charge on any atom is -0.197 e. The first kappa shape index (κ1) is 13.1. The fourth-order valence-corrected chi connectivity index (χ4v) is 2.39. The molecule has 0 amide bonds. The molecule has 2 aromatic rings. The van der Waals surface area contributed by atoms with Crippen LogP contribution in [0.2, 0.25) is 0 Å². The molecule has 0 spiro atoms. The summed E-state index contributed by atoms with van der Waals surface area (Å²) >= 11 is 0. The molecule has 0 saturated heterocycles. The number of hydrogen-bond donors (Lipinski definition) is 0. The predicted octanol–water partition coefficient (Wildman–Crippen LogP) is 4.27. The third-order valence-corrected chi connectivity index (χ3v) is 3.38. The lowest BCUT2D eigenvalue weighted by atomic mass is 9.74. The van der Waals surface area contributed by atoms with Crippen molar-refractivity contribution in [2.45, 2.75) is 18.3 Å². The first-order chi connectivity index (χ1) is 9.30. The van der Waals surface area contributed by atoms with Crippen LogP contribution in [0.15, 0.2) is 73.3 Å². The van der Waals surface area contributed by atoms with Gasteiger partial charge in [-0.1, -0.05) is 66.7 Å². The second-order valence-corrected chi connectivity index (χ2v) is 4.72. The van der Waals surface area contributed by atoms with Crippen molar-refractivity contribution in [1.82, 2.24) is 0 Å². The summed E-state index contributed by atoms with van der Waals surface area (Å²) < 4.78 is 0. The maximum Gasteiger partial charge on any atom is 0.0896 e. The topological polar surface area (TPSA) is 23.8 Å². The number of nitriles is 1. The van der Waals surface area contributed by atoms with Crippen molar-refractivity contribution in [3.05, 3.63) is 84.4 Å². The fourth-order valence-electron chi connectivity index (χ4n) is 2.39. The Bertz CT molecular complexity index is 566. The van der Waals surface area contributed by atoms with Crippen molar-refractivity contribution in [2.75, 3.05) is 0 Å². The Morgan fingerprint density at radius 1 is 1.00 bits per heavy atom. The quantitative estimate of drug-likeness (QED) is 0.724. The molecule has 0 aromatic heterocycles. The first-order valence-electron chi connectivity index (χ1n) is 6.42. The lowest BCUT2D eigenvalue weighted by Gasteiger charge is -2.26. The second kappa shape index (κ2) is 6.02. The Balaban J connectivity index is 2.41. The number of benzene rings is 2. The van der Waals surface area contributed by atoms with Gasteiger partial charge >= 0.3 is 0 Å². The average Bonchev–Trinajstić information content (AvgIpc) is 2.49. The standard InChI is InChI=1S/C18H17N/c1-2-13-18(15-19,17-11-7-4-8-12-17)14-16-9-5-3-6-10-16/h2-12H,1,13-14H2. The molecular weight excluding hydrogens is 230 g/mol. The average molecular weight is 247 g/mol. The Morgan fingerprint density at radius 2 is 1.58 bits per heavy atom. The lowest BCUT2D eigenvalue weighted by Crippen LogP contribution is -2.26. The van der Waals surface area contributed by atoms with Crippen molar-refractivity contribution in [3.8, 4) is 6.07 Å². The summed E-state index contributed by atoms with van der Waals surface area (Å²) in [6.07, 6.45) is 3.20. The molecule has 0 aliphatic rings. The highest BCUT2D eigenvalue weighted by molar-refractivity contribution is 5.36. The molecule has 0 aliphatic carbocycles. The van der Waals surface area contributed by atoms with E-state index in [2.05, 4.69) is 24.8 Å². The van der Waals surface area contributed by atoms with Gasteiger partial charge < -0.3 is 0 Å². The van der Waals surface area contributed by atoms with Crippen LogP contribution in [0, 0.1) is 11.3 Å². The molecular formula is C18H17N. The zero-order chi connectivity index (χ0) is 13.6. The van der Waals surface area contributed by atoms with Gasteiger partial charge in [0, 0.05) is 0 Å². The number of rotatable bonds is 5. The van der Waals surface area contributed by atoms with Crippen LogP contribution in [0.4, 0.5) is 0 Å². The summed E-state index contributed by atoms with van der Waals surface area (Å²) in [4.78, 5) is 0. The van der Waals surface area contributed by atoms with Gasteiger partial charge in [0.15, 0.2) is 0 Å². The predicted molar refractivity (Wildman–Crippen MR) is 78.7 cm³/mol. The van der Waals surface area contributed by atoms with Gasteiger partial charge in [-0.25, -0.2) is 0 Å². The van der Waals surface area contributed by atoms with E-state index >= 15 is 0 Å². The van der Waals surface area contributed by atoms with E-state index < -0.39 is 5.41 Å². The molecule has 19 heavy (non-hydrogen) atoms. The van der Waals surface area contributed by atoms with Gasteiger partial charge in [0.05, 0.1) is 11.5 Å². The van der Waals surface area contributed by atoms with Crippen molar-refractivity contribution in [3.63, 3.8) is 0 Å². The highest BCUT2D eigenvalue weighted by Crippen LogP contribution is 2.31. The van der Waals surface area contributed by atoms with Crippen molar-refractivity contribution in [2.24, 2.45) is 0 Å². The van der Waals surface area contributed by atoms with Crippen LogP contribution in [0.5, 0.6) is 0 Å². The molecule has 1 unspecified atom stereocenters. The fraction of sp³-hybridized carbons (Fsp3) is 0.167. The van der Waals surface area contributed by atoms with E-state index in [1.54, 1.807) is 0 Å². The Kier molecular flexibility index (Phi) is 4.15. The van der Waals surface area contributed by atoms with Gasteiger partial charge in [-0.15, -0.1) is 6.58 Å². The molecule has 1 atom stereocenters. The molecule has 0 heterocycles. The summed E-state index contributed by atoms with van der Waals surface area (Å²) in [7, 11) is 0. The van der Waals surface area contributed by atoms with E-state index in [4.69, 9.17) is 0 Å². The summed E-state index contributed by atoms with van der Waals surface area (Å²) in [5, 5.41) is 9.72. The van der Waals surface area contributed by atoms with Crippen LogP contribution in [-0.4, -0.2) is 0 Å². The number of hydrogen-bond acceptors (Lipinski definition) is 1. The monoisotopic (exact) mass is 247 g/mol. The molecule has 2 rings (SSSR count). The largest absolute Gasteiger partial charge is 0.197 e. The van der Waals surface area contributed by atoms with E-state index in [9.17, 15) is 5.26 Å². The molecule has 0 radical (unpaired) electrons. The van der Waals surface area contributed by atoms with Gasteiger partial charge in [-0.2, -0.15) is 5.26 Å². The number of nitrogens with zero attached hydrogens (tertiary/aromatic N) is 1. The summed E-state index contributed by atoms with van der Waals surface area (Å²) in [6, 6.07) is 22.6. The number of allylic oxidation sites excluding steroid dienone is 1. The Hall–Kier alpha value is -2.33. The molecule has 0 saturated carbocycles. The van der Waals surface area contributed by atoms with Crippen LogP contribution in [0.1, 0.15) is 17.5 Å². The van der Waals surface area contributed by atoms with Crippen LogP contribution in [0.3, 0.4) is 0 Å². The van der Waals surface area contributed by atoms with Gasteiger partial charge in [0.1, 0.15) is 0 Å². The lowest BCUT2D eigenvalue weighted by molar-refractivity contribution is 0.553. The van der Waals surface area contributed by atoms with E-state index in [0.717, 1.165) is 5.56 Å². The second-order valence-electron chi connectivity index (χ2n) is 4.72. The summed E-state index contributed by atoms with van der Waals surface area (Å²) in [5.41, 5.74) is 1.71. The van der Waals surface area contributed by atoms with Gasteiger partial charge in [0.2, 0.25) is 0 Å². The normalized spacial score (nSPS) is 13.2. The highest BCUT2D eigenvalue weighted by atomic mass is 14.4. The van der Waals surface area contributed by atoms with Crippen molar-refractivity contribution >= 4 is 0 Å². The van der Waals surface area contributed by atoms with Gasteiger partial charge in [-0.3, -0.25) is 0 Å². The van der Waals surface area contributed by atoms with Crippen LogP contribution in [0.25, 0.3) is 0 Å². The third kappa shape index (κ3) is 2.92. The van der Waals surface area contributed by atoms with Crippen molar-refractivity contribution in [1.29, 1.82) is 5.26 Å². The minimum atomic E-state index is -0.523. The molecule has 0 aliphatic heterocycles. The third-order valence-electron chi connectivity index (χ3n) is 3.38. The van der Waals surface area contributed by atoms with E-state index in [0.29, 0.717) is 12.8 Å². The molecule has 94 valence electrons. The van der Waals surface area contributed by atoms with E-state index in [1.165, 1.54) is 5.56 Å². The van der Waals surface area contributed by atoms with Crippen LogP contribution >= 0.6 is 0 Å². The zero-order valence-electron chi connectivity index (χ0n) is 10.9. The van der Waals surface area contributed by atoms with Gasteiger partial charge in [0.25, 0.3) is 0 Å². The Morgan fingerprint density at radius 3 is 2.11 bits per heavy atom. The molecule has 1 heteroatoms. The van der Waals surface area contributed by atoms with Gasteiger partial charge in [-0.05, 0) is 24.0 Å². The maximum atomic E-state index is 9.72. The molecule has 2 aromatic carbocycles. The zero-order valence-corrected chi connectivity index (χ0v) is 10.9.